The van der Waals surface area contributed by atoms with Crippen LogP contribution in [0.4, 0.5) is 0 Å². The van der Waals surface area contributed by atoms with Crippen molar-refractivity contribution in [2.45, 2.75) is 31.2 Å². The molecule has 0 bridgehead atoms. The van der Waals surface area contributed by atoms with Crippen LogP contribution in [-0.2, 0) is 11.2 Å². The van der Waals surface area contributed by atoms with Crippen molar-refractivity contribution in [3.8, 4) is 0 Å². The Hall–Kier alpha value is -0.530. The maximum absolute atomic E-state index is 6.44. The summed E-state index contributed by atoms with van der Waals surface area (Å²) in [5.74, 6) is 0.506. The van der Waals surface area contributed by atoms with Crippen LogP contribution in [0, 0.1) is 5.92 Å². The van der Waals surface area contributed by atoms with E-state index in [2.05, 4.69) is 31.2 Å². The van der Waals surface area contributed by atoms with Crippen LogP contribution in [0.5, 0.6) is 0 Å². The van der Waals surface area contributed by atoms with Crippen molar-refractivity contribution in [2.75, 3.05) is 6.61 Å². The third-order valence-electron chi connectivity index (χ3n) is 3.17. The Labute approximate surface area is 96.4 Å². The summed E-state index contributed by atoms with van der Waals surface area (Å²) in [6.45, 7) is 2.99. The van der Waals surface area contributed by atoms with E-state index >= 15 is 0 Å². The van der Waals surface area contributed by atoms with Gasteiger partial charge in [0.2, 0.25) is 0 Å². The second kappa shape index (κ2) is 5.00. The van der Waals surface area contributed by atoms with E-state index in [1.54, 1.807) is 0 Å². The Bertz CT molecular complexity index is 299. The minimum absolute atomic E-state index is 0.199. The van der Waals surface area contributed by atoms with E-state index in [1.165, 1.54) is 5.56 Å². The molecule has 3 unspecified atom stereocenters. The summed E-state index contributed by atoms with van der Waals surface area (Å²) in [5.41, 5.74) is 1.32. The smallest absolute Gasteiger partial charge is 0.0590 e. The highest BCUT2D eigenvalue weighted by atomic mass is 35.5. The van der Waals surface area contributed by atoms with E-state index in [0.717, 1.165) is 19.4 Å². The van der Waals surface area contributed by atoms with Gasteiger partial charge in [-0.1, -0.05) is 30.3 Å². The molecule has 1 aromatic rings. The topological polar surface area (TPSA) is 9.23 Å². The van der Waals surface area contributed by atoms with Crippen molar-refractivity contribution < 1.29 is 4.74 Å². The number of hydrogen-bond acceptors (Lipinski definition) is 1. The molecule has 0 saturated carbocycles. The zero-order valence-electron chi connectivity index (χ0n) is 9.03. The Balaban J connectivity index is 1.94. The number of benzene rings is 1. The predicted octanol–water partition coefficient (Wildman–Crippen LogP) is 3.26. The van der Waals surface area contributed by atoms with Gasteiger partial charge >= 0.3 is 0 Å². The molecule has 15 heavy (non-hydrogen) atoms. The maximum Gasteiger partial charge on any atom is 0.0590 e. The second-order valence-electron chi connectivity index (χ2n) is 4.23. The lowest BCUT2D eigenvalue weighted by molar-refractivity contribution is 0.105. The normalized spacial score (nSPS) is 27.9. The standard InChI is InChI=1S/C13H17ClO/c1-10-12(7-8-15-10)13(14)9-11-5-3-2-4-6-11/h2-6,10,12-13H,7-9H2,1H3. The maximum atomic E-state index is 6.44. The fourth-order valence-electron chi connectivity index (χ4n) is 2.21. The molecule has 1 aromatic carbocycles. The van der Waals surface area contributed by atoms with E-state index in [1.807, 2.05) is 6.07 Å². The van der Waals surface area contributed by atoms with Crippen molar-refractivity contribution in [3.63, 3.8) is 0 Å². The quantitative estimate of drug-likeness (QED) is 0.717. The highest BCUT2D eigenvalue weighted by Crippen LogP contribution is 2.29. The molecule has 82 valence electrons. The van der Waals surface area contributed by atoms with Gasteiger partial charge in [0.1, 0.15) is 0 Å². The molecule has 0 spiro atoms. The molecule has 2 heteroatoms. The Morgan fingerprint density at radius 2 is 2.13 bits per heavy atom. The van der Waals surface area contributed by atoms with Gasteiger partial charge in [-0.2, -0.15) is 0 Å². The Morgan fingerprint density at radius 1 is 1.40 bits per heavy atom. The first kappa shape index (κ1) is 11.0. The Morgan fingerprint density at radius 3 is 2.73 bits per heavy atom. The molecule has 3 atom stereocenters. The van der Waals surface area contributed by atoms with Gasteiger partial charge < -0.3 is 4.74 Å². The van der Waals surface area contributed by atoms with Crippen LogP contribution in [0.3, 0.4) is 0 Å². The minimum Gasteiger partial charge on any atom is -0.378 e. The largest absolute Gasteiger partial charge is 0.378 e. The van der Waals surface area contributed by atoms with Gasteiger partial charge in [0, 0.05) is 17.9 Å². The van der Waals surface area contributed by atoms with Gasteiger partial charge in [0.05, 0.1) is 6.10 Å². The fourth-order valence-corrected chi connectivity index (χ4v) is 2.72. The van der Waals surface area contributed by atoms with Crippen LogP contribution < -0.4 is 0 Å². The molecule has 0 N–H and O–H groups in total. The van der Waals surface area contributed by atoms with Gasteiger partial charge in [0.15, 0.2) is 0 Å². The van der Waals surface area contributed by atoms with E-state index in [-0.39, 0.29) is 5.38 Å². The summed E-state index contributed by atoms with van der Waals surface area (Å²) in [6, 6.07) is 10.4. The van der Waals surface area contributed by atoms with Gasteiger partial charge in [-0.25, -0.2) is 0 Å². The predicted molar refractivity (Wildman–Crippen MR) is 63.3 cm³/mol. The molecule has 1 saturated heterocycles. The van der Waals surface area contributed by atoms with Crippen molar-refractivity contribution in [1.82, 2.24) is 0 Å². The molecule has 1 fully saturated rings. The molecule has 1 aliphatic heterocycles. The van der Waals surface area contributed by atoms with Crippen molar-refractivity contribution in [3.05, 3.63) is 35.9 Å². The van der Waals surface area contributed by atoms with Gasteiger partial charge in [-0.05, 0) is 25.3 Å². The zero-order valence-corrected chi connectivity index (χ0v) is 9.78. The lowest BCUT2D eigenvalue weighted by Crippen LogP contribution is -2.23. The average molecular weight is 225 g/mol. The first-order valence-corrected chi connectivity index (χ1v) is 6.00. The highest BCUT2D eigenvalue weighted by Gasteiger charge is 2.30. The van der Waals surface area contributed by atoms with E-state index in [9.17, 15) is 0 Å². The van der Waals surface area contributed by atoms with Gasteiger partial charge in [-0.15, -0.1) is 11.6 Å². The van der Waals surface area contributed by atoms with Crippen LogP contribution in [0.15, 0.2) is 30.3 Å². The van der Waals surface area contributed by atoms with E-state index in [0.29, 0.717) is 12.0 Å². The minimum atomic E-state index is 0.199. The number of hydrogen-bond donors (Lipinski definition) is 0. The summed E-state index contributed by atoms with van der Waals surface area (Å²) in [4.78, 5) is 0. The number of ether oxygens (including phenoxy) is 1. The number of rotatable bonds is 3. The molecule has 0 aliphatic carbocycles. The Kier molecular flexibility index (Phi) is 3.66. The summed E-state index contributed by atoms with van der Waals surface area (Å²) in [7, 11) is 0. The summed E-state index contributed by atoms with van der Waals surface area (Å²) in [6.07, 6.45) is 2.36. The van der Waals surface area contributed by atoms with Crippen molar-refractivity contribution in [1.29, 1.82) is 0 Å². The fraction of sp³-hybridized carbons (Fsp3) is 0.538. The summed E-state index contributed by atoms with van der Waals surface area (Å²) in [5, 5.41) is 0.199. The molecule has 1 heterocycles. The highest BCUT2D eigenvalue weighted by molar-refractivity contribution is 6.21. The lowest BCUT2D eigenvalue weighted by atomic mass is 9.94. The summed E-state index contributed by atoms with van der Waals surface area (Å²) < 4.78 is 5.54. The molecule has 1 aliphatic rings. The molecular formula is C13H17ClO. The molecular weight excluding hydrogens is 208 g/mol. The zero-order chi connectivity index (χ0) is 10.7. The molecule has 0 aromatic heterocycles. The molecule has 0 radical (unpaired) electrons. The summed E-state index contributed by atoms with van der Waals surface area (Å²) >= 11 is 6.44. The van der Waals surface area contributed by atoms with Gasteiger partial charge in [0.25, 0.3) is 0 Å². The first-order valence-electron chi connectivity index (χ1n) is 5.57. The number of alkyl halides is 1. The first-order chi connectivity index (χ1) is 7.27. The third kappa shape index (κ3) is 2.73. The molecule has 2 rings (SSSR count). The van der Waals surface area contributed by atoms with Crippen molar-refractivity contribution >= 4 is 11.6 Å². The average Bonchev–Trinajstić information content (AvgIpc) is 2.66. The van der Waals surface area contributed by atoms with Crippen LogP contribution >= 0.6 is 11.6 Å². The van der Waals surface area contributed by atoms with Crippen molar-refractivity contribution in [2.24, 2.45) is 5.92 Å². The molecule has 0 amide bonds. The number of halogens is 1. The van der Waals surface area contributed by atoms with Crippen LogP contribution in [-0.4, -0.2) is 18.1 Å². The monoisotopic (exact) mass is 224 g/mol. The second-order valence-corrected chi connectivity index (χ2v) is 4.79. The SMILES string of the molecule is CC1OCCC1C(Cl)Cc1ccccc1. The van der Waals surface area contributed by atoms with E-state index < -0.39 is 0 Å². The molecule has 1 nitrogen and oxygen atoms in total. The third-order valence-corrected chi connectivity index (χ3v) is 3.65. The van der Waals surface area contributed by atoms with Crippen LogP contribution in [0.1, 0.15) is 18.9 Å². The van der Waals surface area contributed by atoms with Crippen LogP contribution in [0.25, 0.3) is 0 Å². The van der Waals surface area contributed by atoms with E-state index in [4.69, 9.17) is 16.3 Å². The van der Waals surface area contributed by atoms with Gasteiger partial charge in [-0.3, -0.25) is 0 Å². The lowest BCUT2D eigenvalue weighted by Gasteiger charge is -2.20. The van der Waals surface area contributed by atoms with Crippen LogP contribution in [0.2, 0.25) is 0 Å².